The third kappa shape index (κ3) is 4.82. The minimum absolute atomic E-state index is 0.279. The molecule has 0 aliphatic carbocycles. The molecule has 4 rings (SSSR count). The number of carbonyl (C=O) groups excluding carboxylic acids is 1. The number of hydrogen-bond acceptors (Lipinski definition) is 4. The summed E-state index contributed by atoms with van der Waals surface area (Å²) < 4.78 is 19.3. The lowest BCUT2D eigenvalue weighted by molar-refractivity contribution is -0.130. The Hall–Kier alpha value is -3.22. The summed E-state index contributed by atoms with van der Waals surface area (Å²) >= 11 is 7.29. The number of aromatic nitrogens is 1. The standard InChI is InChI=1S/C25H20ClFN2O2S/c1-25(2,31-21-14-10-18(26)11-15-21)23(30)29(20-6-4-3-5-7-20)24-28-22(16-32-24)17-8-12-19(27)13-9-17/h3-16H,1-2H3. The molecule has 0 spiro atoms. The highest BCUT2D eigenvalue weighted by molar-refractivity contribution is 7.14. The summed E-state index contributed by atoms with van der Waals surface area (Å²) in [4.78, 5) is 19.9. The van der Waals surface area contributed by atoms with Gasteiger partial charge in [-0.1, -0.05) is 29.8 Å². The molecule has 0 aliphatic rings. The fraction of sp³-hybridized carbons (Fsp3) is 0.120. The van der Waals surface area contributed by atoms with E-state index in [1.54, 1.807) is 55.1 Å². The first-order valence-corrected chi connectivity index (χ1v) is 11.1. The summed E-state index contributed by atoms with van der Waals surface area (Å²) in [6.07, 6.45) is 0. The Kier molecular flexibility index (Phi) is 6.26. The van der Waals surface area contributed by atoms with E-state index in [1.165, 1.54) is 23.5 Å². The third-order valence-electron chi connectivity index (χ3n) is 4.74. The second kappa shape index (κ2) is 9.10. The van der Waals surface area contributed by atoms with E-state index in [4.69, 9.17) is 16.3 Å². The van der Waals surface area contributed by atoms with Gasteiger partial charge in [-0.05, 0) is 74.5 Å². The first-order chi connectivity index (χ1) is 15.3. The lowest BCUT2D eigenvalue weighted by Crippen LogP contribution is -2.47. The van der Waals surface area contributed by atoms with Crippen LogP contribution in [-0.4, -0.2) is 16.5 Å². The molecule has 162 valence electrons. The van der Waals surface area contributed by atoms with E-state index >= 15 is 0 Å². The quantitative estimate of drug-likeness (QED) is 0.303. The molecule has 0 saturated carbocycles. The van der Waals surface area contributed by atoms with Crippen LogP contribution in [0, 0.1) is 5.82 Å². The van der Waals surface area contributed by atoms with E-state index < -0.39 is 5.60 Å². The van der Waals surface area contributed by atoms with Crippen molar-refractivity contribution < 1.29 is 13.9 Å². The highest BCUT2D eigenvalue weighted by atomic mass is 35.5. The van der Waals surface area contributed by atoms with Crippen LogP contribution in [0.2, 0.25) is 5.02 Å². The minimum Gasteiger partial charge on any atom is -0.478 e. The summed E-state index contributed by atoms with van der Waals surface area (Å²) in [5.41, 5.74) is 0.914. The molecule has 0 fully saturated rings. The number of amides is 1. The van der Waals surface area contributed by atoms with Gasteiger partial charge in [-0.3, -0.25) is 9.69 Å². The average Bonchev–Trinajstić information content (AvgIpc) is 3.26. The monoisotopic (exact) mass is 466 g/mol. The van der Waals surface area contributed by atoms with Gasteiger partial charge in [0.2, 0.25) is 0 Å². The van der Waals surface area contributed by atoms with Crippen LogP contribution >= 0.6 is 22.9 Å². The van der Waals surface area contributed by atoms with Crippen molar-refractivity contribution in [2.24, 2.45) is 0 Å². The SMILES string of the molecule is CC(C)(Oc1ccc(Cl)cc1)C(=O)N(c1ccccc1)c1nc(-c2ccc(F)cc2)cs1. The molecule has 0 N–H and O–H groups in total. The van der Waals surface area contributed by atoms with Crippen LogP contribution in [0.25, 0.3) is 11.3 Å². The number of carbonyl (C=O) groups is 1. The van der Waals surface area contributed by atoms with Crippen molar-refractivity contribution in [1.29, 1.82) is 0 Å². The Balaban J connectivity index is 1.69. The first-order valence-electron chi connectivity index (χ1n) is 9.89. The molecule has 0 unspecified atom stereocenters. The van der Waals surface area contributed by atoms with Gasteiger partial charge in [-0.2, -0.15) is 0 Å². The number of thiazole rings is 1. The van der Waals surface area contributed by atoms with Crippen LogP contribution < -0.4 is 9.64 Å². The zero-order valence-corrected chi connectivity index (χ0v) is 19.0. The molecule has 1 amide bonds. The molecular weight excluding hydrogens is 447 g/mol. The Morgan fingerprint density at radius 1 is 1.00 bits per heavy atom. The predicted molar refractivity (Wildman–Crippen MR) is 127 cm³/mol. The van der Waals surface area contributed by atoms with Crippen LogP contribution in [0.4, 0.5) is 15.2 Å². The van der Waals surface area contributed by atoms with Crippen molar-refractivity contribution in [3.05, 3.63) is 95.1 Å². The van der Waals surface area contributed by atoms with Gasteiger partial charge in [0.05, 0.1) is 11.4 Å². The normalized spacial score (nSPS) is 11.2. The molecule has 1 aromatic heterocycles. The van der Waals surface area contributed by atoms with Gasteiger partial charge in [0.1, 0.15) is 11.6 Å². The van der Waals surface area contributed by atoms with Crippen LogP contribution in [0.3, 0.4) is 0 Å². The van der Waals surface area contributed by atoms with Gasteiger partial charge in [-0.25, -0.2) is 9.37 Å². The maximum atomic E-state index is 13.7. The van der Waals surface area contributed by atoms with E-state index in [0.717, 1.165) is 5.56 Å². The minimum atomic E-state index is -1.19. The van der Waals surface area contributed by atoms with Crippen molar-refractivity contribution in [2.75, 3.05) is 4.90 Å². The van der Waals surface area contributed by atoms with Crippen molar-refractivity contribution in [1.82, 2.24) is 4.98 Å². The highest BCUT2D eigenvalue weighted by Gasteiger charge is 2.37. The van der Waals surface area contributed by atoms with Crippen molar-refractivity contribution >= 4 is 39.7 Å². The molecule has 4 nitrogen and oxygen atoms in total. The van der Waals surface area contributed by atoms with E-state index in [0.29, 0.717) is 27.3 Å². The summed E-state index contributed by atoms with van der Waals surface area (Å²) in [5.74, 6) is -0.0584. The number of ether oxygens (including phenoxy) is 1. The predicted octanol–water partition coefficient (Wildman–Crippen LogP) is 7.12. The molecule has 3 aromatic carbocycles. The van der Waals surface area contributed by atoms with E-state index in [2.05, 4.69) is 4.98 Å². The van der Waals surface area contributed by atoms with Crippen molar-refractivity contribution in [3.8, 4) is 17.0 Å². The number of hydrogen-bond donors (Lipinski definition) is 0. The van der Waals surface area contributed by atoms with E-state index in [-0.39, 0.29) is 11.7 Å². The molecular formula is C25H20ClFN2O2S. The number of para-hydroxylation sites is 1. The Morgan fingerprint density at radius 2 is 1.66 bits per heavy atom. The molecule has 0 radical (unpaired) electrons. The molecule has 7 heteroatoms. The van der Waals surface area contributed by atoms with Crippen LogP contribution in [-0.2, 0) is 4.79 Å². The average molecular weight is 467 g/mol. The Labute approximate surface area is 194 Å². The second-order valence-corrected chi connectivity index (χ2v) is 8.84. The van der Waals surface area contributed by atoms with Gasteiger partial charge < -0.3 is 4.74 Å². The summed E-state index contributed by atoms with van der Waals surface area (Å²) in [6, 6.07) is 22.2. The smallest absolute Gasteiger partial charge is 0.276 e. The molecule has 1 heterocycles. The summed E-state index contributed by atoms with van der Waals surface area (Å²) in [7, 11) is 0. The van der Waals surface area contributed by atoms with Crippen molar-refractivity contribution in [2.45, 2.75) is 19.4 Å². The Bertz CT molecular complexity index is 1210. The molecule has 32 heavy (non-hydrogen) atoms. The fourth-order valence-corrected chi connectivity index (χ4v) is 4.10. The largest absolute Gasteiger partial charge is 0.478 e. The van der Waals surface area contributed by atoms with Gasteiger partial charge >= 0.3 is 0 Å². The topological polar surface area (TPSA) is 42.4 Å². The van der Waals surface area contributed by atoms with Gasteiger partial charge in [0, 0.05) is 16.0 Å². The molecule has 0 aliphatic heterocycles. The second-order valence-electron chi connectivity index (χ2n) is 7.56. The molecule has 4 aromatic rings. The third-order valence-corrected chi connectivity index (χ3v) is 5.82. The molecule has 0 atom stereocenters. The van der Waals surface area contributed by atoms with Crippen LogP contribution in [0.1, 0.15) is 13.8 Å². The number of halogens is 2. The molecule has 0 saturated heterocycles. The van der Waals surface area contributed by atoms with Crippen LogP contribution in [0.5, 0.6) is 5.75 Å². The van der Waals surface area contributed by atoms with E-state index in [1.807, 2.05) is 35.7 Å². The summed E-state index contributed by atoms with van der Waals surface area (Å²) in [5, 5.41) is 2.93. The fourth-order valence-electron chi connectivity index (χ4n) is 3.12. The lowest BCUT2D eigenvalue weighted by Gasteiger charge is -2.31. The van der Waals surface area contributed by atoms with Crippen LogP contribution in [0.15, 0.2) is 84.2 Å². The van der Waals surface area contributed by atoms with Gasteiger partial charge in [-0.15, -0.1) is 11.3 Å². The number of benzene rings is 3. The summed E-state index contributed by atoms with van der Waals surface area (Å²) in [6.45, 7) is 3.43. The lowest BCUT2D eigenvalue weighted by atomic mass is 10.1. The number of anilines is 2. The number of nitrogens with zero attached hydrogens (tertiary/aromatic N) is 2. The zero-order chi connectivity index (χ0) is 22.7. The Morgan fingerprint density at radius 3 is 2.31 bits per heavy atom. The molecule has 0 bridgehead atoms. The number of rotatable bonds is 6. The zero-order valence-electron chi connectivity index (χ0n) is 17.5. The maximum absolute atomic E-state index is 13.7. The van der Waals surface area contributed by atoms with Crippen molar-refractivity contribution in [3.63, 3.8) is 0 Å². The highest BCUT2D eigenvalue weighted by Crippen LogP contribution is 2.35. The van der Waals surface area contributed by atoms with Gasteiger partial charge in [0.25, 0.3) is 5.91 Å². The van der Waals surface area contributed by atoms with Gasteiger partial charge in [0.15, 0.2) is 10.7 Å². The van der Waals surface area contributed by atoms with E-state index in [9.17, 15) is 9.18 Å². The first kappa shape index (κ1) is 22.0. The maximum Gasteiger partial charge on any atom is 0.276 e.